The van der Waals surface area contributed by atoms with Gasteiger partial charge in [0.05, 0.1) is 22.4 Å². The second-order valence-corrected chi connectivity index (χ2v) is 10.7. The fourth-order valence-electron chi connectivity index (χ4n) is 4.28. The molecule has 0 unspecified atom stereocenters. The van der Waals surface area contributed by atoms with Crippen LogP contribution in [0.2, 0.25) is 0 Å². The van der Waals surface area contributed by atoms with Crippen LogP contribution in [0, 0.1) is 0 Å². The Morgan fingerprint density at radius 2 is 0.405 bits per heavy atom. The van der Waals surface area contributed by atoms with Crippen LogP contribution >= 0.6 is 0 Å². The minimum absolute atomic E-state index is 0. The first-order valence-electron chi connectivity index (χ1n) is 15.6. The van der Waals surface area contributed by atoms with Crippen LogP contribution in [0.15, 0.2) is 0 Å². The molecule has 4 nitrogen and oxygen atoms in total. The van der Waals surface area contributed by atoms with Gasteiger partial charge in [0.25, 0.3) is 0 Å². The van der Waals surface area contributed by atoms with Crippen molar-refractivity contribution >= 4 is 0 Å². The van der Waals surface area contributed by atoms with Crippen LogP contribution in [-0.4, -0.2) is 42.8 Å². The molecule has 0 rings (SSSR count). The average molecular weight is 569 g/mol. The molecule has 0 fully saturated rings. The van der Waals surface area contributed by atoms with E-state index >= 15 is 0 Å². The van der Waals surface area contributed by atoms with Gasteiger partial charge in [0, 0.05) is 21.7 Å². The second-order valence-electron chi connectivity index (χ2n) is 10.7. The number of hydrogen-bond donors (Lipinski definition) is 4. The summed E-state index contributed by atoms with van der Waals surface area (Å²) in [5, 5.41) is 38.5. The van der Waals surface area contributed by atoms with Crippen LogP contribution in [0.1, 0.15) is 186 Å². The van der Waals surface area contributed by atoms with E-state index in [-0.39, 0.29) is 44.1 Å². The quantitative estimate of drug-likeness (QED) is 0.140. The van der Waals surface area contributed by atoms with Crippen LogP contribution in [0.25, 0.3) is 0 Å². The maximum absolute atomic E-state index is 9.63. The third-order valence-corrected chi connectivity index (χ3v) is 8.13. The Hall–Kier alpha value is 0.554. The van der Waals surface area contributed by atoms with Crippen molar-refractivity contribution in [2.24, 2.45) is 0 Å². The van der Waals surface area contributed by atoms with Gasteiger partial charge in [-0.25, -0.2) is 0 Å². The first kappa shape index (κ1) is 47.3. The zero-order valence-corrected chi connectivity index (χ0v) is 29.2. The molecule has 0 heterocycles. The number of hydrogen-bond acceptors (Lipinski definition) is 4. The van der Waals surface area contributed by atoms with Crippen molar-refractivity contribution in [1.82, 2.24) is 0 Å². The Labute approximate surface area is 249 Å². The van der Waals surface area contributed by atoms with Crippen molar-refractivity contribution in [3.63, 3.8) is 0 Å². The molecular formula is C32H72O4Ti. The molecule has 0 aromatic heterocycles. The van der Waals surface area contributed by atoms with E-state index in [4.69, 9.17) is 0 Å². The van der Waals surface area contributed by atoms with E-state index in [1.165, 1.54) is 0 Å². The Balaban J connectivity index is -0.000000122. The molecule has 0 aromatic rings. The van der Waals surface area contributed by atoms with Gasteiger partial charge < -0.3 is 20.4 Å². The van der Waals surface area contributed by atoms with Gasteiger partial charge in [0.1, 0.15) is 0 Å². The predicted molar refractivity (Wildman–Crippen MR) is 162 cm³/mol. The average Bonchev–Trinajstić information content (AvgIpc) is 2.90. The van der Waals surface area contributed by atoms with Gasteiger partial charge in [-0.2, -0.15) is 0 Å². The molecule has 0 atom stereocenters. The van der Waals surface area contributed by atoms with Gasteiger partial charge in [0.15, 0.2) is 0 Å². The molecule has 0 saturated heterocycles. The zero-order valence-electron chi connectivity index (χ0n) is 27.6. The smallest absolute Gasteiger partial charge is 0.0642 e. The molecule has 5 heteroatoms. The molecule has 0 radical (unpaired) electrons. The minimum atomic E-state index is -0.366. The molecule has 0 spiro atoms. The molecule has 0 saturated carbocycles. The molecule has 0 aliphatic carbocycles. The Kier molecular flexibility index (Phi) is 36.0. The van der Waals surface area contributed by atoms with Gasteiger partial charge in [-0.1, -0.05) is 109 Å². The largest absolute Gasteiger partial charge is 0.390 e. The summed E-state index contributed by atoms with van der Waals surface area (Å²) in [5.74, 6) is 0. The maximum atomic E-state index is 9.63. The molecule has 228 valence electrons. The van der Waals surface area contributed by atoms with Crippen LogP contribution < -0.4 is 0 Å². The van der Waals surface area contributed by atoms with E-state index in [1.807, 2.05) is 55.4 Å². The van der Waals surface area contributed by atoms with Crippen LogP contribution in [-0.2, 0) is 21.7 Å². The molecule has 37 heavy (non-hydrogen) atoms. The summed E-state index contributed by atoms with van der Waals surface area (Å²) in [7, 11) is 0. The van der Waals surface area contributed by atoms with Gasteiger partial charge in [-0.15, -0.1) is 0 Å². The van der Waals surface area contributed by atoms with E-state index in [9.17, 15) is 20.4 Å². The van der Waals surface area contributed by atoms with E-state index in [1.54, 1.807) is 0 Å². The van der Waals surface area contributed by atoms with Gasteiger partial charge in [-0.05, 0) is 77.0 Å². The Morgan fingerprint density at radius 3 is 0.432 bits per heavy atom. The van der Waals surface area contributed by atoms with Crippen LogP contribution in [0.3, 0.4) is 0 Å². The van der Waals surface area contributed by atoms with Crippen molar-refractivity contribution < 1.29 is 42.1 Å². The number of aliphatic hydroxyl groups is 4. The van der Waals surface area contributed by atoms with E-state index < -0.39 is 0 Å². The Morgan fingerprint density at radius 1 is 0.297 bits per heavy atom. The van der Waals surface area contributed by atoms with Crippen molar-refractivity contribution in [3.05, 3.63) is 0 Å². The predicted octanol–water partition coefficient (Wildman–Crippen LogP) is 9.35. The topological polar surface area (TPSA) is 80.9 Å². The van der Waals surface area contributed by atoms with E-state index in [0.29, 0.717) is 0 Å². The zero-order chi connectivity index (χ0) is 29.3. The molecule has 0 bridgehead atoms. The Bertz CT molecular complexity index is 347. The SMILES string of the molecule is CCCC(O)(CC)CC.CCCC(O)(CC)CC.CCCC(O)(CC)CC.CCCC(O)(CC)CC.[Ti]. The van der Waals surface area contributed by atoms with Crippen LogP contribution in [0.4, 0.5) is 0 Å². The monoisotopic (exact) mass is 568 g/mol. The van der Waals surface area contributed by atoms with Gasteiger partial charge in [-0.3, -0.25) is 0 Å². The summed E-state index contributed by atoms with van der Waals surface area (Å²) in [6.07, 6.45) is 15.2. The van der Waals surface area contributed by atoms with E-state index in [2.05, 4.69) is 27.7 Å². The standard InChI is InChI=1S/4C8H18O.Ti/c4*1-4-7-8(9,5-2)6-3;/h4*9H,4-7H2,1-3H3;. The van der Waals surface area contributed by atoms with Crippen molar-refractivity contribution in [2.45, 2.75) is 208 Å². The first-order chi connectivity index (χ1) is 16.7. The molecule has 4 N–H and O–H groups in total. The summed E-state index contributed by atoms with van der Waals surface area (Å²) in [6, 6.07) is 0. The fourth-order valence-corrected chi connectivity index (χ4v) is 4.28. The molecule has 0 aromatic carbocycles. The first-order valence-corrected chi connectivity index (χ1v) is 15.6. The van der Waals surface area contributed by atoms with Gasteiger partial charge >= 0.3 is 0 Å². The third kappa shape index (κ3) is 26.5. The van der Waals surface area contributed by atoms with Gasteiger partial charge in [0.2, 0.25) is 0 Å². The van der Waals surface area contributed by atoms with E-state index in [0.717, 1.165) is 103 Å². The van der Waals surface area contributed by atoms with Crippen LogP contribution in [0.5, 0.6) is 0 Å². The number of rotatable bonds is 16. The maximum Gasteiger partial charge on any atom is 0.0642 e. The summed E-state index contributed by atoms with van der Waals surface area (Å²) >= 11 is 0. The molecular weight excluding hydrogens is 496 g/mol. The summed E-state index contributed by atoms with van der Waals surface area (Å²) in [6.45, 7) is 24.8. The second kappa shape index (κ2) is 28.1. The third-order valence-electron chi connectivity index (χ3n) is 8.13. The molecule has 0 amide bonds. The van der Waals surface area contributed by atoms with Crippen molar-refractivity contribution in [1.29, 1.82) is 0 Å². The summed E-state index contributed by atoms with van der Waals surface area (Å²) in [4.78, 5) is 0. The molecule has 0 aliphatic rings. The summed E-state index contributed by atoms with van der Waals surface area (Å²) < 4.78 is 0. The van der Waals surface area contributed by atoms with Crippen molar-refractivity contribution in [3.8, 4) is 0 Å². The fraction of sp³-hybridized carbons (Fsp3) is 1.00. The summed E-state index contributed by atoms with van der Waals surface area (Å²) in [5.41, 5.74) is -1.47. The minimum Gasteiger partial charge on any atom is -0.390 e. The van der Waals surface area contributed by atoms with Crippen molar-refractivity contribution in [2.75, 3.05) is 0 Å². The molecule has 0 aliphatic heterocycles. The normalized spacial score (nSPS) is 11.7.